The zero-order valence-corrected chi connectivity index (χ0v) is 11.0. The molecule has 5 nitrogen and oxygen atoms in total. The molecule has 1 aromatic carbocycles. The second kappa shape index (κ2) is 7.84. The Morgan fingerprint density at radius 2 is 2.00 bits per heavy atom. The normalized spacial score (nSPS) is 11.2. The third kappa shape index (κ3) is 5.65. The molecule has 82 valence electrons. The van der Waals surface area contributed by atoms with Crippen molar-refractivity contribution < 1.29 is 50.5 Å². The molecule has 1 aromatic rings. The van der Waals surface area contributed by atoms with Crippen LogP contribution in [0.3, 0.4) is 0 Å². The minimum Gasteiger partial charge on any atom is -1.00 e. The van der Waals surface area contributed by atoms with Gasteiger partial charge in [0.1, 0.15) is 6.04 Å². The largest absolute Gasteiger partial charge is 1.00 e. The molecule has 0 aliphatic heterocycles. The van der Waals surface area contributed by atoms with Crippen LogP contribution in [-0.4, -0.2) is 29.4 Å². The van der Waals surface area contributed by atoms with Crippen LogP contribution in [-0.2, 0) is 15.9 Å². The van der Waals surface area contributed by atoms with Gasteiger partial charge in [-0.3, -0.25) is 4.79 Å². The summed E-state index contributed by atoms with van der Waals surface area (Å²) in [5, 5.41) is 16.8. The summed E-state index contributed by atoms with van der Waals surface area (Å²) < 4.78 is 4.13. The van der Waals surface area contributed by atoms with Gasteiger partial charge in [-0.25, -0.2) is 0 Å². The molecule has 0 saturated carbocycles. The Labute approximate surface area is 118 Å². The molecule has 16 heavy (non-hydrogen) atoms. The summed E-state index contributed by atoms with van der Waals surface area (Å²) in [6.45, 7) is 0. The summed E-state index contributed by atoms with van der Waals surface area (Å²) >= 11 is 0. The van der Waals surface area contributed by atoms with Crippen LogP contribution in [0.25, 0.3) is 0 Å². The summed E-state index contributed by atoms with van der Waals surface area (Å²) in [5.41, 5.74) is 6.38. The van der Waals surface area contributed by atoms with E-state index in [1.807, 2.05) is 30.3 Å². The smallest absolute Gasteiger partial charge is 1.00 e. The molecule has 0 spiro atoms. The Kier molecular flexibility index (Phi) is 7.66. The van der Waals surface area contributed by atoms with E-state index in [0.717, 1.165) is 5.56 Å². The number of nitrogens with two attached hydrogens (primary N) is 1. The Morgan fingerprint density at radius 1 is 1.44 bits per heavy atom. The summed E-state index contributed by atoms with van der Waals surface area (Å²) in [6, 6.07) is 8.26. The molecule has 0 amide bonds. The molecular weight excluding hydrogens is 220 g/mol. The molecule has 0 aromatic heterocycles. The van der Waals surface area contributed by atoms with Crippen molar-refractivity contribution in [3.63, 3.8) is 0 Å². The third-order valence-corrected chi connectivity index (χ3v) is 1.82. The van der Waals surface area contributed by atoms with Gasteiger partial charge in [0, 0.05) is 0 Å². The minimum absolute atomic E-state index is 0. The Hall–Kier alpha value is -0.365. The first-order chi connectivity index (χ1) is 7.09. The van der Waals surface area contributed by atoms with Crippen LogP contribution >= 0.6 is 0 Å². The standard InChI is InChI=1S/C9H12BNO4.Na.H/c11-8(9(12)15-10(13)14)6-7-4-2-1-3-5-7;;/h1-5,8,13-14H,6,11H2;;/q;+1;-1/t8-;;/m0../s1. The molecule has 0 aliphatic carbocycles. The predicted octanol–water partition coefficient (Wildman–Crippen LogP) is -3.81. The zero-order valence-electron chi connectivity index (χ0n) is 10.0. The molecule has 0 bridgehead atoms. The second-order valence-corrected chi connectivity index (χ2v) is 3.06. The number of rotatable bonds is 4. The van der Waals surface area contributed by atoms with Crippen molar-refractivity contribution in [2.24, 2.45) is 5.73 Å². The number of carbonyl (C=O) groups excluding carboxylic acids is 1. The summed E-state index contributed by atoms with van der Waals surface area (Å²) in [4.78, 5) is 11.1. The number of carbonyl (C=O) groups is 1. The van der Waals surface area contributed by atoms with Gasteiger partial charge in [0.05, 0.1) is 0 Å². The summed E-state index contributed by atoms with van der Waals surface area (Å²) in [5.74, 6) is -0.839. The van der Waals surface area contributed by atoms with Gasteiger partial charge in [0.25, 0.3) is 0 Å². The maximum atomic E-state index is 11.1. The van der Waals surface area contributed by atoms with Gasteiger partial charge in [-0.05, 0) is 12.0 Å². The second-order valence-electron chi connectivity index (χ2n) is 3.06. The van der Waals surface area contributed by atoms with Crippen molar-refractivity contribution in [2.45, 2.75) is 12.5 Å². The van der Waals surface area contributed by atoms with Gasteiger partial charge >= 0.3 is 42.8 Å². The molecule has 0 radical (unpaired) electrons. The van der Waals surface area contributed by atoms with Gasteiger partial charge in [-0.2, -0.15) is 0 Å². The fourth-order valence-corrected chi connectivity index (χ4v) is 1.14. The number of hydrogen-bond donors (Lipinski definition) is 3. The molecule has 4 N–H and O–H groups in total. The maximum Gasteiger partial charge on any atom is 1.00 e. The minimum atomic E-state index is -2.11. The molecule has 0 fully saturated rings. The van der Waals surface area contributed by atoms with Gasteiger partial charge < -0.3 is 21.9 Å². The average molecular weight is 233 g/mol. The number of hydrogen-bond acceptors (Lipinski definition) is 5. The third-order valence-electron chi connectivity index (χ3n) is 1.82. The summed E-state index contributed by atoms with van der Waals surface area (Å²) in [6.07, 6.45) is 0.298. The Morgan fingerprint density at radius 3 is 2.50 bits per heavy atom. The molecular formula is C9H13BNNaO4. The molecule has 0 saturated heterocycles. The van der Waals surface area contributed by atoms with E-state index in [1.54, 1.807) is 0 Å². The van der Waals surface area contributed by atoms with E-state index in [1.165, 1.54) is 0 Å². The van der Waals surface area contributed by atoms with E-state index in [0.29, 0.717) is 6.42 Å². The van der Waals surface area contributed by atoms with Crippen LogP contribution in [0.2, 0.25) is 0 Å². The fraction of sp³-hybridized carbons (Fsp3) is 0.222. The molecule has 1 rings (SSSR count). The van der Waals surface area contributed by atoms with E-state index in [2.05, 4.69) is 4.65 Å². The van der Waals surface area contributed by atoms with Crippen LogP contribution in [0, 0.1) is 0 Å². The maximum absolute atomic E-state index is 11.1. The SMILES string of the molecule is N[C@@H](Cc1ccccc1)C(=O)OB(O)O.[H-].[Na+]. The van der Waals surface area contributed by atoms with Gasteiger partial charge in [-0.1, -0.05) is 30.3 Å². The molecule has 0 heterocycles. The molecule has 1 atom stereocenters. The molecule has 0 unspecified atom stereocenters. The van der Waals surface area contributed by atoms with E-state index >= 15 is 0 Å². The Bertz CT molecular complexity index is 328. The van der Waals surface area contributed by atoms with E-state index in [4.69, 9.17) is 15.8 Å². The fourth-order valence-electron chi connectivity index (χ4n) is 1.14. The van der Waals surface area contributed by atoms with Crippen molar-refractivity contribution in [3.05, 3.63) is 35.9 Å². The predicted molar refractivity (Wildman–Crippen MR) is 55.5 cm³/mol. The topological polar surface area (TPSA) is 92.8 Å². The molecule has 0 aliphatic rings. The van der Waals surface area contributed by atoms with Crippen LogP contribution in [0.15, 0.2) is 30.3 Å². The number of benzene rings is 1. The first kappa shape index (κ1) is 15.6. The summed E-state index contributed by atoms with van der Waals surface area (Å²) in [7, 11) is -2.11. The van der Waals surface area contributed by atoms with Crippen LogP contribution in [0.5, 0.6) is 0 Å². The van der Waals surface area contributed by atoms with Crippen molar-refractivity contribution in [3.8, 4) is 0 Å². The zero-order chi connectivity index (χ0) is 11.3. The van der Waals surface area contributed by atoms with Crippen LogP contribution in [0.1, 0.15) is 6.99 Å². The van der Waals surface area contributed by atoms with Gasteiger partial charge in [0.15, 0.2) is 0 Å². The van der Waals surface area contributed by atoms with Crippen molar-refractivity contribution >= 4 is 13.3 Å². The first-order valence-electron chi connectivity index (χ1n) is 4.45. The van der Waals surface area contributed by atoms with Gasteiger partial charge in [-0.15, -0.1) is 0 Å². The average Bonchev–Trinajstić information content (AvgIpc) is 2.18. The van der Waals surface area contributed by atoms with Gasteiger partial charge in [0.2, 0.25) is 0 Å². The van der Waals surface area contributed by atoms with E-state index in [-0.39, 0.29) is 31.0 Å². The quantitative estimate of drug-likeness (QED) is 0.463. The van der Waals surface area contributed by atoms with E-state index in [9.17, 15) is 4.79 Å². The van der Waals surface area contributed by atoms with Crippen molar-refractivity contribution in [2.75, 3.05) is 0 Å². The van der Waals surface area contributed by atoms with Crippen LogP contribution < -0.4 is 35.3 Å². The van der Waals surface area contributed by atoms with Crippen molar-refractivity contribution in [1.82, 2.24) is 0 Å². The van der Waals surface area contributed by atoms with Crippen LogP contribution in [0.4, 0.5) is 0 Å². The monoisotopic (exact) mass is 233 g/mol. The molecule has 7 heteroatoms. The van der Waals surface area contributed by atoms with Crippen molar-refractivity contribution in [1.29, 1.82) is 0 Å². The Balaban J connectivity index is 0. The van der Waals surface area contributed by atoms with E-state index < -0.39 is 19.3 Å². The first-order valence-corrected chi connectivity index (χ1v) is 4.45.